The van der Waals surface area contributed by atoms with E-state index in [-0.39, 0.29) is 10.7 Å². The molecule has 1 saturated heterocycles. The van der Waals surface area contributed by atoms with Gasteiger partial charge in [0.15, 0.2) is 23.0 Å². The van der Waals surface area contributed by atoms with Gasteiger partial charge in [0.05, 0.1) is 35.0 Å². The number of aliphatic hydroxyl groups excluding tert-OH is 1. The van der Waals surface area contributed by atoms with E-state index < -0.39 is 6.10 Å². The number of quaternary nitrogens is 1. The summed E-state index contributed by atoms with van der Waals surface area (Å²) in [5, 5.41) is 28.5. The zero-order valence-electron chi connectivity index (χ0n) is 18.2. The monoisotopic (exact) mass is 425 g/mol. The molecule has 0 spiro atoms. The Morgan fingerprint density at radius 3 is 2.23 bits per heavy atom. The fraction of sp³-hybridized carbons (Fsp3) is 0.417. The molecule has 3 atom stereocenters. The summed E-state index contributed by atoms with van der Waals surface area (Å²) in [6.07, 6.45) is 0.702. The zero-order chi connectivity index (χ0) is 21.9. The minimum Gasteiger partial charge on any atom is -0.632 e. The Hall–Kier alpha value is -2.74. The van der Waals surface area contributed by atoms with E-state index in [4.69, 9.17) is 18.9 Å². The number of fused-ring (bicyclic) bond motifs is 7. The van der Waals surface area contributed by atoms with Crippen LogP contribution in [0.15, 0.2) is 24.3 Å². The average Bonchev–Trinajstić information content (AvgIpc) is 3.18. The van der Waals surface area contributed by atoms with Gasteiger partial charge in [-0.25, -0.2) is 0 Å². The van der Waals surface area contributed by atoms with Gasteiger partial charge in [-0.05, 0) is 34.4 Å². The molecule has 1 N–H and O–H groups in total. The number of nitrogens with zero attached hydrogens (tertiary/aromatic N) is 1. The normalized spacial score (nSPS) is 24.7. The number of ether oxygens (including phenoxy) is 4. The van der Waals surface area contributed by atoms with Crippen molar-refractivity contribution in [3.8, 4) is 23.0 Å². The molecule has 3 aromatic carbocycles. The Kier molecular flexibility index (Phi) is 4.66. The van der Waals surface area contributed by atoms with Gasteiger partial charge in [-0.1, -0.05) is 6.07 Å². The van der Waals surface area contributed by atoms with E-state index in [1.807, 2.05) is 24.3 Å². The topological polar surface area (TPSA) is 80.2 Å². The van der Waals surface area contributed by atoms with Gasteiger partial charge >= 0.3 is 0 Å². The molecule has 2 heterocycles. The van der Waals surface area contributed by atoms with Gasteiger partial charge in [0.25, 0.3) is 0 Å². The van der Waals surface area contributed by atoms with Crippen molar-refractivity contribution >= 4 is 21.5 Å². The van der Waals surface area contributed by atoms with Crippen LogP contribution in [-0.2, 0) is 6.54 Å². The molecule has 3 aromatic rings. The summed E-state index contributed by atoms with van der Waals surface area (Å²) in [6.45, 7) is 0.854. The quantitative estimate of drug-likeness (QED) is 0.386. The number of benzene rings is 3. The molecule has 2 aliphatic heterocycles. The lowest BCUT2D eigenvalue weighted by atomic mass is 9.83. The first-order valence-electron chi connectivity index (χ1n) is 10.5. The molecule has 164 valence electrons. The SMILES string of the molecule is COc1cc2c3c(c4ccc(OC)c(OC)c4c2cc1OC)C(O)C1CCC[N+]1([O-])C3. The van der Waals surface area contributed by atoms with Gasteiger partial charge in [-0.15, -0.1) is 0 Å². The van der Waals surface area contributed by atoms with Crippen molar-refractivity contribution < 1.29 is 28.7 Å². The smallest absolute Gasteiger partial charge is 0.169 e. The molecule has 7 heteroatoms. The van der Waals surface area contributed by atoms with Crippen LogP contribution in [0.5, 0.6) is 23.0 Å². The first-order chi connectivity index (χ1) is 15.0. The first kappa shape index (κ1) is 20.2. The lowest BCUT2D eigenvalue weighted by Crippen LogP contribution is -2.51. The number of aliphatic hydroxyl groups is 1. The zero-order valence-corrected chi connectivity index (χ0v) is 18.2. The van der Waals surface area contributed by atoms with Gasteiger partial charge in [0, 0.05) is 29.4 Å². The minimum absolute atomic E-state index is 0.327. The molecule has 0 bridgehead atoms. The summed E-state index contributed by atoms with van der Waals surface area (Å²) in [4.78, 5) is 0. The highest BCUT2D eigenvalue weighted by molar-refractivity contribution is 6.15. The van der Waals surface area contributed by atoms with E-state index in [0.29, 0.717) is 36.1 Å². The predicted molar refractivity (Wildman–Crippen MR) is 118 cm³/mol. The molecule has 31 heavy (non-hydrogen) atoms. The second-order valence-corrected chi connectivity index (χ2v) is 8.36. The van der Waals surface area contributed by atoms with Crippen LogP contribution in [0.3, 0.4) is 0 Å². The van der Waals surface area contributed by atoms with Gasteiger partial charge in [-0.3, -0.25) is 0 Å². The number of hydroxylamine groups is 3. The summed E-state index contributed by atoms with van der Waals surface area (Å²) in [5.74, 6) is 2.36. The fourth-order valence-electron chi connectivity index (χ4n) is 5.61. The van der Waals surface area contributed by atoms with E-state index in [1.165, 1.54) is 0 Å². The summed E-state index contributed by atoms with van der Waals surface area (Å²) >= 11 is 0. The third-order valence-electron chi connectivity index (χ3n) is 7.01. The third-order valence-corrected chi connectivity index (χ3v) is 7.01. The average molecular weight is 425 g/mol. The van der Waals surface area contributed by atoms with Crippen LogP contribution in [0.2, 0.25) is 0 Å². The van der Waals surface area contributed by atoms with Gasteiger partial charge in [0.2, 0.25) is 0 Å². The lowest BCUT2D eigenvalue weighted by molar-refractivity contribution is -0.912. The van der Waals surface area contributed by atoms with Crippen LogP contribution in [0.1, 0.15) is 30.1 Å². The Balaban J connectivity index is 1.98. The van der Waals surface area contributed by atoms with Crippen molar-refractivity contribution in [2.45, 2.75) is 31.5 Å². The molecule has 3 unspecified atom stereocenters. The Labute approximate surface area is 180 Å². The van der Waals surface area contributed by atoms with Crippen molar-refractivity contribution in [2.24, 2.45) is 0 Å². The first-order valence-corrected chi connectivity index (χ1v) is 10.5. The van der Waals surface area contributed by atoms with Crippen LogP contribution in [0.25, 0.3) is 21.5 Å². The van der Waals surface area contributed by atoms with Crippen molar-refractivity contribution in [1.82, 2.24) is 0 Å². The number of methoxy groups -OCH3 is 4. The highest BCUT2D eigenvalue weighted by Gasteiger charge is 2.46. The van der Waals surface area contributed by atoms with Crippen LogP contribution in [0, 0.1) is 5.21 Å². The predicted octanol–water partition coefficient (Wildman–Crippen LogP) is 4.05. The Bertz CT molecular complexity index is 1190. The molecule has 0 aromatic heterocycles. The maximum atomic E-state index is 13.6. The van der Waals surface area contributed by atoms with Crippen LogP contribution in [-0.4, -0.2) is 50.8 Å². The van der Waals surface area contributed by atoms with Gasteiger partial charge < -0.3 is 33.9 Å². The van der Waals surface area contributed by atoms with Crippen molar-refractivity contribution in [3.05, 3.63) is 40.6 Å². The second kappa shape index (κ2) is 7.15. The molecule has 5 rings (SSSR count). The molecule has 0 amide bonds. The number of hydrogen-bond donors (Lipinski definition) is 1. The molecule has 0 radical (unpaired) electrons. The van der Waals surface area contributed by atoms with E-state index in [0.717, 1.165) is 45.5 Å². The van der Waals surface area contributed by atoms with Gasteiger partial charge in [0.1, 0.15) is 18.7 Å². The molecular formula is C24H27NO6. The highest BCUT2D eigenvalue weighted by Crippen LogP contribution is 2.52. The largest absolute Gasteiger partial charge is 0.632 e. The second-order valence-electron chi connectivity index (χ2n) is 8.36. The Morgan fingerprint density at radius 2 is 1.58 bits per heavy atom. The minimum atomic E-state index is -0.846. The molecule has 2 aliphatic rings. The van der Waals surface area contributed by atoms with E-state index in [9.17, 15) is 10.3 Å². The van der Waals surface area contributed by atoms with Crippen molar-refractivity contribution in [3.63, 3.8) is 0 Å². The maximum absolute atomic E-state index is 13.6. The van der Waals surface area contributed by atoms with Crippen molar-refractivity contribution in [1.29, 1.82) is 0 Å². The summed E-state index contributed by atoms with van der Waals surface area (Å²) in [5.41, 5.74) is 1.68. The lowest BCUT2D eigenvalue weighted by Gasteiger charge is -2.50. The van der Waals surface area contributed by atoms with Crippen LogP contribution in [0.4, 0.5) is 0 Å². The standard InChI is InChI=1S/C24H27NO6/c1-28-18-8-7-13-21-16(12-25(27)9-5-6-17(25)23(21)26)14-10-19(29-2)20(30-3)11-15(14)22(13)24(18)31-4/h7-8,10-11,17,23,26H,5-6,9,12H2,1-4H3. The highest BCUT2D eigenvalue weighted by atomic mass is 16.6. The molecule has 1 fully saturated rings. The van der Waals surface area contributed by atoms with Crippen LogP contribution < -0.4 is 18.9 Å². The summed E-state index contributed by atoms with van der Waals surface area (Å²) in [6, 6.07) is 7.27. The number of rotatable bonds is 4. The van der Waals surface area contributed by atoms with E-state index in [2.05, 4.69) is 0 Å². The molecule has 0 saturated carbocycles. The molecule has 0 aliphatic carbocycles. The summed E-state index contributed by atoms with van der Waals surface area (Å²) < 4.78 is 22.1. The maximum Gasteiger partial charge on any atom is 0.169 e. The molecular weight excluding hydrogens is 398 g/mol. The van der Waals surface area contributed by atoms with E-state index in [1.54, 1.807) is 28.4 Å². The third kappa shape index (κ3) is 2.70. The Morgan fingerprint density at radius 1 is 0.903 bits per heavy atom. The van der Waals surface area contributed by atoms with Gasteiger partial charge in [-0.2, -0.15) is 0 Å². The number of hydrogen-bond acceptors (Lipinski definition) is 6. The van der Waals surface area contributed by atoms with E-state index >= 15 is 0 Å². The van der Waals surface area contributed by atoms with Crippen molar-refractivity contribution in [2.75, 3.05) is 35.0 Å². The molecule has 7 nitrogen and oxygen atoms in total. The summed E-state index contributed by atoms with van der Waals surface area (Å²) in [7, 11) is 6.40. The fourth-order valence-corrected chi connectivity index (χ4v) is 5.61. The van der Waals surface area contributed by atoms with Crippen LogP contribution >= 0.6 is 0 Å².